The predicted molar refractivity (Wildman–Crippen MR) is 49.1 cm³/mol. The van der Waals surface area contributed by atoms with E-state index in [1.54, 1.807) is 0 Å². The molecular formula is C7H8FNaO3S. The van der Waals surface area contributed by atoms with Gasteiger partial charge in [-0.25, -0.2) is 8.60 Å². The van der Waals surface area contributed by atoms with Crippen molar-refractivity contribution < 1.29 is 17.9 Å². The first-order chi connectivity index (χ1) is 5.65. The Morgan fingerprint density at radius 1 is 1.54 bits per heavy atom. The molecule has 0 amide bonds. The molecule has 13 heavy (non-hydrogen) atoms. The third-order valence-electron chi connectivity index (χ3n) is 1.32. The van der Waals surface area contributed by atoms with Crippen LogP contribution in [0.4, 0.5) is 4.39 Å². The fourth-order valence-corrected chi connectivity index (χ4v) is 1.14. The van der Waals surface area contributed by atoms with E-state index in [2.05, 4.69) is 4.74 Å². The molecular weight excluding hydrogens is 206 g/mol. The Hall–Kier alpha value is 0.0600. The van der Waals surface area contributed by atoms with Crippen LogP contribution in [0.5, 0.6) is 5.75 Å². The van der Waals surface area contributed by atoms with E-state index in [4.69, 9.17) is 4.55 Å². The zero-order chi connectivity index (χ0) is 9.14. The minimum atomic E-state index is -2.15. The summed E-state index contributed by atoms with van der Waals surface area (Å²) in [6, 6.07) is 3.60. The molecule has 0 radical (unpaired) electrons. The van der Waals surface area contributed by atoms with Crippen molar-refractivity contribution in [3.63, 3.8) is 0 Å². The number of halogens is 1. The van der Waals surface area contributed by atoms with Crippen LogP contribution in [0.3, 0.4) is 0 Å². The van der Waals surface area contributed by atoms with Crippen molar-refractivity contribution in [2.24, 2.45) is 0 Å². The third kappa shape index (κ3) is 3.36. The van der Waals surface area contributed by atoms with E-state index in [9.17, 15) is 8.60 Å². The number of methoxy groups -OCH3 is 1. The summed E-state index contributed by atoms with van der Waals surface area (Å²) in [5, 5.41) is 0. The van der Waals surface area contributed by atoms with Crippen LogP contribution >= 0.6 is 0 Å². The second kappa shape index (κ2) is 5.72. The molecule has 68 valence electrons. The molecule has 0 bridgehead atoms. The van der Waals surface area contributed by atoms with Crippen molar-refractivity contribution >= 4 is 40.6 Å². The van der Waals surface area contributed by atoms with Gasteiger partial charge in [-0.15, -0.1) is 0 Å². The molecule has 3 nitrogen and oxygen atoms in total. The van der Waals surface area contributed by atoms with Gasteiger partial charge in [0.05, 0.1) is 12.0 Å². The van der Waals surface area contributed by atoms with Crippen LogP contribution in [0.1, 0.15) is 0 Å². The molecule has 0 aromatic heterocycles. The van der Waals surface area contributed by atoms with Crippen LogP contribution < -0.4 is 4.74 Å². The van der Waals surface area contributed by atoms with Gasteiger partial charge in [-0.3, -0.25) is 0 Å². The fraction of sp³-hybridized carbons (Fsp3) is 0.143. The third-order valence-corrected chi connectivity index (χ3v) is 1.98. The van der Waals surface area contributed by atoms with E-state index >= 15 is 0 Å². The number of hydrogen-bond donors (Lipinski definition) is 1. The second-order valence-corrected chi connectivity index (χ2v) is 3.02. The van der Waals surface area contributed by atoms with Crippen molar-refractivity contribution in [1.29, 1.82) is 0 Å². The summed E-state index contributed by atoms with van der Waals surface area (Å²) in [5.41, 5.74) is 0. The summed E-state index contributed by atoms with van der Waals surface area (Å²) in [6.07, 6.45) is 0. The van der Waals surface area contributed by atoms with E-state index in [1.165, 1.54) is 19.2 Å². The average Bonchev–Trinajstić information content (AvgIpc) is 2.04. The molecule has 0 aliphatic rings. The Morgan fingerprint density at radius 2 is 2.15 bits per heavy atom. The van der Waals surface area contributed by atoms with Gasteiger partial charge in [0, 0.05) is 0 Å². The molecule has 0 aliphatic carbocycles. The summed E-state index contributed by atoms with van der Waals surface area (Å²) < 4.78 is 36.5. The zero-order valence-electron chi connectivity index (χ0n) is 6.28. The molecule has 1 unspecified atom stereocenters. The number of benzene rings is 1. The molecule has 1 atom stereocenters. The van der Waals surface area contributed by atoms with Gasteiger partial charge in [-0.2, -0.15) is 0 Å². The van der Waals surface area contributed by atoms with Gasteiger partial charge in [0.15, 0.2) is 22.6 Å². The van der Waals surface area contributed by atoms with Crippen molar-refractivity contribution in [2.45, 2.75) is 4.90 Å². The molecule has 0 heterocycles. The Bertz CT molecular complexity index is 319. The quantitative estimate of drug-likeness (QED) is 0.584. The van der Waals surface area contributed by atoms with E-state index in [1.807, 2.05) is 0 Å². The summed E-state index contributed by atoms with van der Waals surface area (Å²) in [5.74, 6) is -0.582. The molecule has 0 saturated carbocycles. The van der Waals surface area contributed by atoms with Crippen LogP contribution in [-0.4, -0.2) is 45.4 Å². The Kier molecular flexibility index (Phi) is 5.75. The normalized spacial score (nSPS) is 11.6. The molecule has 0 spiro atoms. The van der Waals surface area contributed by atoms with E-state index in [-0.39, 0.29) is 40.2 Å². The topological polar surface area (TPSA) is 46.5 Å². The average molecular weight is 214 g/mol. The van der Waals surface area contributed by atoms with Crippen LogP contribution in [0.25, 0.3) is 0 Å². The summed E-state index contributed by atoms with van der Waals surface area (Å²) in [6.45, 7) is 0. The van der Waals surface area contributed by atoms with Gasteiger partial charge in [0.2, 0.25) is 0 Å². The van der Waals surface area contributed by atoms with Crippen molar-refractivity contribution in [2.75, 3.05) is 7.11 Å². The molecule has 0 fully saturated rings. The standard InChI is InChI=1S/C7H7FO3S.Na.H/c1-11-7-3-2-5(12(9)10)4-6(7)8;;/h2-4H,1H3,(H,9,10);;. The molecule has 0 aliphatic heterocycles. The van der Waals surface area contributed by atoms with E-state index in [0.29, 0.717) is 0 Å². The van der Waals surface area contributed by atoms with Crippen molar-refractivity contribution in [3.05, 3.63) is 24.0 Å². The molecule has 1 rings (SSSR count). The van der Waals surface area contributed by atoms with E-state index < -0.39 is 16.9 Å². The second-order valence-electron chi connectivity index (χ2n) is 2.05. The first-order valence-electron chi connectivity index (χ1n) is 3.09. The zero-order valence-corrected chi connectivity index (χ0v) is 7.10. The van der Waals surface area contributed by atoms with E-state index in [0.717, 1.165) is 6.07 Å². The van der Waals surface area contributed by atoms with Gasteiger partial charge in [-0.05, 0) is 18.2 Å². The molecule has 0 saturated heterocycles. The van der Waals surface area contributed by atoms with Gasteiger partial charge in [0.1, 0.15) is 0 Å². The Labute approximate surface area is 99.9 Å². The fourth-order valence-electron chi connectivity index (χ4n) is 0.756. The first kappa shape index (κ1) is 13.1. The number of ether oxygens (including phenoxy) is 1. The molecule has 1 aromatic carbocycles. The summed E-state index contributed by atoms with van der Waals surface area (Å²) in [4.78, 5) is 0.0216. The first-order valence-corrected chi connectivity index (χ1v) is 4.20. The van der Waals surface area contributed by atoms with Crippen LogP contribution in [0.2, 0.25) is 0 Å². The van der Waals surface area contributed by atoms with Gasteiger partial charge >= 0.3 is 29.6 Å². The van der Waals surface area contributed by atoms with Crippen LogP contribution in [0.15, 0.2) is 23.1 Å². The van der Waals surface area contributed by atoms with Crippen LogP contribution in [0, 0.1) is 5.82 Å². The van der Waals surface area contributed by atoms with Gasteiger partial charge in [0.25, 0.3) is 0 Å². The number of hydrogen-bond acceptors (Lipinski definition) is 2. The minimum absolute atomic E-state index is 0. The predicted octanol–water partition coefficient (Wildman–Crippen LogP) is 0.766. The summed E-state index contributed by atoms with van der Waals surface area (Å²) >= 11 is -2.15. The van der Waals surface area contributed by atoms with Gasteiger partial charge in [-0.1, -0.05) is 0 Å². The maximum atomic E-state index is 12.8. The SMILES string of the molecule is COc1ccc(S(=O)O)cc1F.[NaH]. The summed E-state index contributed by atoms with van der Waals surface area (Å²) in [7, 11) is 1.33. The molecule has 1 aromatic rings. The van der Waals surface area contributed by atoms with Gasteiger partial charge < -0.3 is 9.29 Å². The van der Waals surface area contributed by atoms with Crippen molar-refractivity contribution in [3.8, 4) is 5.75 Å². The number of rotatable bonds is 2. The molecule has 6 heteroatoms. The Balaban J connectivity index is 0.00000144. The van der Waals surface area contributed by atoms with Crippen molar-refractivity contribution in [1.82, 2.24) is 0 Å². The monoisotopic (exact) mass is 214 g/mol. The molecule has 1 N–H and O–H groups in total. The maximum absolute atomic E-state index is 12.8. The van der Waals surface area contributed by atoms with Crippen LogP contribution in [-0.2, 0) is 11.1 Å². The Morgan fingerprint density at radius 3 is 2.54 bits per heavy atom.